The van der Waals surface area contributed by atoms with Crippen molar-refractivity contribution >= 4 is 29.3 Å². The fourth-order valence-corrected chi connectivity index (χ4v) is 3.42. The van der Waals surface area contributed by atoms with Gasteiger partial charge in [0.1, 0.15) is 30.1 Å². The van der Waals surface area contributed by atoms with Gasteiger partial charge in [-0.1, -0.05) is 23.7 Å². The molecule has 1 saturated heterocycles. The van der Waals surface area contributed by atoms with Crippen molar-refractivity contribution in [3.05, 3.63) is 77.1 Å². The summed E-state index contributed by atoms with van der Waals surface area (Å²) in [5.41, 5.74) is 1.45. The Labute approximate surface area is 223 Å². The average Bonchev–Trinajstić information content (AvgIpc) is 3.32. The van der Waals surface area contributed by atoms with Crippen LogP contribution < -0.4 is 10.1 Å². The Hall–Kier alpha value is -3.91. The van der Waals surface area contributed by atoms with Crippen LogP contribution in [-0.4, -0.2) is 70.4 Å². The Kier molecular flexibility index (Phi) is 10.1. The molecule has 0 spiro atoms. The summed E-state index contributed by atoms with van der Waals surface area (Å²) in [5, 5.41) is 14.2. The number of carbonyl (C=O) groups excluding carboxylic acids is 1. The summed E-state index contributed by atoms with van der Waals surface area (Å²) in [6.45, 7) is 1.80. The topological polar surface area (TPSA) is 106 Å². The quantitative estimate of drug-likeness (QED) is 0.408. The molecule has 1 atom stereocenters. The zero-order chi connectivity index (χ0) is 28.6. The Bertz CT molecular complexity index is 1270. The van der Waals surface area contributed by atoms with Gasteiger partial charge in [0.15, 0.2) is 0 Å². The van der Waals surface area contributed by atoms with Gasteiger partial charge >= 0.3 is 18.2 Å². The molecular formula is C24H22ClF5N4O5. The van der Waals surface area contributed by atoms with Gasteiger partial charge in [0.05, 0.1) is 36.6 Å². The number of benzene rings is 2. The van der Waals surface area contributed by atoms with Crippen LogP contribution in [0.3, 0.4) is 0 Å². The number of rotatable bonds is 6. The van der Waals surface area contributed by atoms with E-state index in [1.165, 1.54) is 30.3 Å². The van der Waals surface area contributed by atoms with E-state index in [2.05, 4.69) is 10.4 Å². The van der Waals surface area contributed by atoms with Crippen LogP contribution in [0.15, 0.2) is 54.9 Å². The second kappa shape index (κ2) is 13.2. The summed E-state index contributed by atoms with van der Waals surface area (Å²) in [4.78, 5) is 23.2. The van der Waals surface area contributed by atoms with Crippen LogP contribution in [0, 0.1) is 11.6 Å². The molecule has 1 fully saturated rings. The Morgan fingerprint density at radius 1 is 1.18 bits per heavy atom. The lowest BCUT2D eigenvalue weighted by Crippen LogP contribution is -2.49. The molecule has 1 aromatic heterocycles. The molecular weight excluding hydrogens is 555 g/mol. The first-order chi connectivity index (χ1) is 18.4. The van der Waals surface area contributed by atoms with Crippen LogP contribution in [0.5, 0.6) is 5.75 Å². The third-order valence-corrected chi connectivity index (χ3v) is 5.43. The molecule has 39 heavy (non-hydrogen) atoms. The van der Waals surface area contributed by atoms with E-state index in [-0.39, 0.29) is 29.6 Å². The second-order valence-electron chi connectivity index (χ2n) is 8.11. The molecule has 0 aliphatic carbocycles. The molecule has 210 valence electrons. The van der Waals surface area contributed by atoms with Gasteiger partial charge in [0.2, 0.25) is 0 Å². The predicted octanol–water partition coefficient (Wildman–Crippen LogP) is 4.81. The lowest BCUT2D eigenvalue weighted by molar-refractivity contribution is -0.192. The maximum absolute atomic E-state index is 13.3. The lowest BCUT2D eigenvalue weighted by Gasteiger charge is -2.32. The lowest BCUT2D eigenvalue weighted by atomic mass is 10.2. The third kappa shape index (κ3) is 9.41. The Morgan fingerprint density at radius 3 is 2.51 bits per heavy atom. The average molecular weight is 577 g/mol. The highest BCUT2D eigenvalue weighted by molar-refractivity contribution is 6.30. The number of amides is 2. The maximum atomic E-state index is 13.3. The molecule has 2 heterocycles. The molecule has 0 radical (unpaired) electrons. The Morgan fingerprint density at radius 2 is 1.87 bits per heavy atom. The van der Waals surface area contributed by atoms with Crippen molar-refractivity contribution in [1.82, 2.24) is 14.7 Å². The minimum atomic E-state index is -5.08. The van der Waals surface area contributed by atoms with E-state index >= 15 is 0 Å². The molecule has 4 rings (SSSR count). The zero-order valence-electron chi connectivity index (χ0n) is 20.0. The predicted molar refractivity (Wildman–Crippen MR) is 129 cm³/mol. The highest BCUT2D eigenvalue weighted by Crippen LogP contribution is 2.22. The molecule has 1 aliphatic rings. The molecule has 2 aromatic carbocycles. The summed E-state index contributed by atoms with van der Waals surface area (Å²) >= 11 is 5.76. The van der Waals surface area contributed by atoms with E-state index in [0.717, 1.165) is 5.56 Å². The van der Waals surface area contributed by atoms with Crippen molar-refractivity contribution < 1.29 is 46.1 Å². The van der Waals surface area contributed by atoms with Gasteiger partial charge in [-0.25, -0.2) is 18.4 Å². The van der Waals surface area contributed by atoms with Gasteiger partial charge in [0.25, 0.3) is 0 Å². The highest BCUT2D eigenvalue weighted by Gasteiger charge is 2.38. The van der Waals surface area contributed by atoms with Gasteiger partial charge in [-0.05, 0) is 29.8 Å². The molecule has 1 aliphatic heterocycles. The van der Waals surface area contributed by atoms with E-state index < -0.39 is 18.0 Å². The number of anilines is 1. The number of carboxylic acid groups (broad SMARTS) is 1. The first kappa shape index (κ1) is 29.6. The molecule has 1 unspecified atom stereocenters. The summed E-state index contributed by atoms with van der Waals surface area (Å²) < 4.78 is 71.0. The minimum absolute atomic E-state index is 0.0203. The van der Waals surface area contributed by atoms with Crippen LogP contribution in [0.4, 0.5) is 32.4 Å². The van der Waals surface area contributed by atoms with Crippen molar-refractivity contribution in [3.8, 4) is 5.75 Å². The number of aromatic nitrogens is 2. The number of ether oxygens (including phenoxy) is 2. The van der Waals surface area contributed by atoms with Crippen molar-refractivity contribution in [2.24, 2.45) is 0 Å². The van der Waals surface area contributed by atoms with Gasteiger partial charge in [-0.3, -0.25) is 4.68 Å². The number of carbonyl (C=O) groups is 2. The van der Waals surface area contributed by atoms with Gasteiger partial charge < -0.3 is 24.8 Å². The number of aliphatic carboxylic acids is 1. The van der Waals surface area contributed by atoms with Crippen molar-refractivity contribution in [2.75, 3.05) is 31.6 Å². The summed E-state index contributed by atoms with van der Waals surface area (Å²) in [6, 6.07) is 10.00. The zero-order valence-corrected chi connectivity index (χ0v) is 20.8. The van der Waals surface area contributed by atoms with Crippen LogP contribution in [-0.2, 0) is 16.1 Å². The molecule has 15 heteroatoms. The standard InChI is InChI=1S/C22H21ClF2N4O3.C2HF3O2/c23-20-9-18(5-6-21(20)25)32-14-19-13-28(7-8-31-19)22(30)27-17-10-26-29(12-17)11-15-1-3-16(24)4-2-15;3-2(4,5)1(6)7/h1-6,9-10,12,19H,7-8,11,13-14H2,(H,27,30);(H,6,7). The molecule has 3 aromatic rings. The van der Waals surface area contributed by atoms with E-state index in [0.29, 0.717) is 37.7 Å². The van der Waals surface area contributed by atoms with Gasteiger partial charge in [0, 0.05) is 18.8 Å². The number of nitrogens with one attached hydrogen (secondary N) is 1. The fraction of sp³-hybridized carbons (Fsp3) is 0.292. The number of morpholine rings is 1. The Balaban J connectivity index is 0.000000532. The molecule has 0 saturated carbocycles. The van der Waals surface area contributed by atoms with E-state index in [4.69, 9.17) is 31.0 Å². The van der Waals surface area contributed by atoms with Crippen LogP contribution in [0.2, 0.25) is 5.02 Å². The second-order valence-corrected chi connectivity index (χ2v) is 8.52. The first-order valence-electron chi connectivity index (χ1n) is 11.2. The number of halogens is 6. The van der Waals surface area contributed by atoms with Crippen LogP contribution in [0.1, 0.15) is 5.56 Å². The highest BCUT2D eigenvalue weighted by atomic mass is 35.5. The smallest absolute Gasteiger partial charge is 0.490 e. The van der Waals surface area contributed by atoms with Crippen LogP contribution in [0.25, 0.3) is 0 Å². The molecule has 2 N–H and O–H groups in total. The van der Waals surface area contributed by atoms with E-state index in [9.17, 15) is 26.7 Å². The van der Waals surface area contributed by atoms with Crippen LogP contribution >= 0.6 is 11.6 Å². The largest absolute Gasteiger partial charge is 0.491 e. The number of hydrogen-bond acceptors (Lipinski definition) is 5. The summed E-state index contributed by atoms with van der Waals surface area (Å²) in [7, 11) is 0. The molecule has 9 nitrogen and oxygen atoms in total. The van der Waals surface area contributed by atoms with Crippen molar-refractivity contribution in [1.29, 1.82) is 0 Å². The number of alkyl halides is 3. The first-order valence-corrected chi connectivity index (χ1v) is 11.6. The van der Waals surface area contributed by atoms with Gasteiger partial charge in [-0.2, -0.15) is 18.3 Å². The monoisotopic (exact) mass is 576 g/mol. The summed E-state index contributed by atoms with van der Waals surface area (Å²) in [6.07, 6.45) is -2.15. The summed E-state index contributed by atoms with van der Waals surface area (Å²) in [5.74, 6) is -3.14. The van der Waals surface area contributed by atoms with Crippen molar-refractivity contribution in [3.63, 3.8) is 0 Å². The van der Waals surface area contributed by atoms with Crippen molar-refractivity contribution in [2.45, 2.75) is 18.8 Å². The normalized spacial score (nSPS) is 15.2. The number of nitrogens with zero attached hydrogens (tertiary/aromatic N) is 3. The fourth-order valence-electron chi connectivity index (χ4n) is 3.25. The number of hydrogen-bond donors (Lipinski definition) is 2. The number of urea groups is 1. The van der Waals surface area contributed by atoms with E-state index in [1.807, 2.05) is 0 Å². The van der Waals surface area contributed by atoms with Gasteiger partial charge in [-0.15, -0.1) is 0 Å². The minimum Gasteiger partial charge on any atom is -0.491 e. The molecule has 0 bridgehead atoms. The molecule has 2 amide bonds. The number of carboxylic acids is 1. The third-order valence-electron chi connectivity index (χ3n) is 5.14. The SMILES string of the molecule is O=C(Nc1cnn(Cc2ccc(F)cc2)c1)N1CCOC(COc2ccc(F)c(Cl)c2)C1.O=C(O)C(F)(F)F. The van der Waals surface area contributed by atoms with E-state index in [1.54, 1.807) is 34.1 Å². The maximum Gasteiger partial charge on any atom is 0.490 e.